The Kier molecular flexibility index (Phi) is 4.57. The minimum Gasteiger partial charge on any atom is -0.480 e. The summed E-state index contributed by atoms with van der Waals surface area (Å²) in [7, 11) is 4.04. The van der Waals surface area contributed by atoms with Gasteiger partial charge in [-0.05, 0) is 50.4 Å². The molecule has 0 aromatic heterocycles. The molecule has 2 unspecified atom stereocenters. The molecule has 0 amide bonds. The molecule has 1 aliphatic rings. The topological polar surface area (TPSA) is 43.8 Å². The molecule has 1 aliphatic heterocycles. The SMILES string of the molecule is CCC1(C(=O)O)CCCN1C(C)c1ccc(N(C)C)cc1. The second-order valence-corrected chi connectivity index (χ2v) is 6.15. The number of hydrogen-bond donors (Lipinski definition) is 1. The highest BCUT2D eigenvalue weighted by Gasteiger charge is 2.48. The van der Waals surface area contributed by atoms with Crippen LogP contribution in [0.3, 0.4) is 0 Å². The Balaban J connectivity index is 2.26. The van der Waals surface area contributed by atoms with Crippen LogP contribution < -0.4 is 4.90 Å². The van der Waals surface area contributed by atoms with Crippen LogP contribution in [0, 0.1) is 0 Å². The Morgan fingerprint density at radius 2 is 2.00 bits per heavy atom. The van der Waals surface area contributed by atoms with E-state index in [1.165, 1.54) is 5.56 Å². The molecular weight excluding hydrogens is 264 g/mol. The molecule has 1 heterocycles. The molecule has 1 aromatic rings. The molecule has 1 N–H and O–H groups in total. The Morgan fingerprint density at radius 3 is 2.48 bits per heavy atom. The smallest absolute Gasteiger partial charge is 0.324 e. The first-order valence-electron chi connectivity index (χ1n) is 7.70. The molecular formula is C17H26N2O2. The largest absolute Gasteiger partial charge is 0.480 e. The molecule has 0 spiro atoms. The van der Waals surface area contributed by atoms with Crippen LogP contribution in [0.2, 0.25) is 0 Å². The number of rotatable bonds is 5. The average molecular weight is 290 g/mol. The molecule has 4 heteroatoms. The zero-order chi connectivity index (χ0) is 15.6. The van der Waals surface area contributed by atoms with Crippen LogP contribution >= 0.6 is 0 Å². The van der Waals surface area contributed by atoms with Crippen LogP contribution in [-0.2, 0) is 4.79 Å². The maximum absolute atomic E-state index is 11.8. The quantitative estimate of drug-likeness (QED) is 0.905. The van der Waals surface area contributed by atoms with Crippen molar-refractivity contribution in [2.75, 3.05) is 25.5 Å². The summed E-state index contributed by atoms with van der Waals surface area (Å²) >= 11 is 0. The third-order valence-corrected chi connectivity index (χ3v) is 4.88. The summed E-state index contributed by atoms with van der Waals surface area (Å²) < 4.78 is 0. The van der Waals surface area contributed by atoms with Gasteiger partial charge in [0.1, 0.15) is 5.54 Å². The van der Waals surface area contributed by atoms with Gasteiger partial charge in [0.2, 0.25) is 0 Å². The fourth-order valence-electron chi connectivity index (χ4n) is 3.46. The lowest BCUT2D eigenvalue weighted by molar-refractivity contribution is -0.151. The number of nitrogens with zero attached hydrogens (tertiary/aromatic N) is 2. The third kappa shape index (κ3) is 2.77. The summed E-state index contributed by atoms with van der Waals surface area (Å²) in [5, 5.41) is 9.70. The molecule has 0 bridgehead atoms. The van der Waals surface area contributed by atoms with E-state index in [-0.39, 0.29) is 6.04 Å². The highest BCUT2D eigenvalue weighted by Crippen LogP contribution is 2.39. The van der Waals surface area contributed by atoms with Gasteiger partial charge in [-0.1, -0.05) is 19.1 Å². The molecule has 1 saturated heterocycles. The van der Waals surface area contributed by atoms with E-state index < -0.39 is 11.5 Å². The van der Waals surface area contributed by atoms with E-state index >= 15 is 0 Å². The van der Waals surface area contributed by atoms with Gasteiger partial charge >= 0.3 is 5.97 Å². The van der Waals surface area contributed by atoms with Crippen LogP contribution in [0.15, 0.2) is 24.3 Å². The summed E-state index contributed by atoms with van der Waals surface area (Å²) in [4.78, 5) is 16.0. The van der Waals surface area contributed by atoms with E-state index in [4.69, 9.17) is 0 Å². The van der Waals surface area contributed by atoms with Gasteiger partial charge in [-0.3, -0.25) is 9.69 Å². The zero-order valence-corrected chi connectivity index (χ0v) is 13.5. The zero-order valence-electron chi connectivity index (χ0n) is 13.5. The van der Waals surface area contributed by atoms with E-state index in [2.05, 4.69) is 41.0 Å². The maximum atomic E-state index is 11.8. The Hall–Kier alpha value is -1.55. The minimum absolute atomic E-state index is 0.125. The first-order valence-corrected chi connectivity index (χ1v) is 7.70. The van der Waals surface area contributed by atoms with Gasteiger partial charge in [0.25, 0.3) is 0 Å². The van der Waals surface area contributed by atoms with Gasteiger partial charge in [0.15, 0.2) is 0 Å². The first kappa shape index (κ1) is 15.8. The fourth-order valence-corrected chi connectivity index (χ4v) is 3.46. The van der Waals surface area contributed by atoms with E-state index in [0.29, 0.717) is 6.42 Å². The third-order valence-electron chi connectivity index (χ3n) is 4.88. The van der Waals surface area contributed by atoms with Crippen molar-refractivity contribution in [1.29, 1.82) is 0 Å². The molecule has 0 saturated carbocycles. The normalized spacial score (nSPS) is 24.0. The minimum atomic E-state index is -0.695. The van der Waals surface area contributed by atoms with Crippen molar-refractivity contribution in [3.63, 3.8) is 0 Å². The van der Waals surface area contributed by atoms with Crippen LogP contribution in [0.5, 0.6) is 0 Å². The van der Waals surface area contributed by atoms with E-state index in [9.17, 15) is 9.90 Å². The van der Waals surface area contributed by atoms with Crippen molar-refractivity contribution in [1.82, 2.24) is 4.90 Å². The summed E-state index contributed by atoms with van der Waals surface area (Å²) in [6.07, 6.45) is 2.36. The number of likely N-dealkylation sites (tertiary alicyclic amines) is 1. The predicted molar refractivity (Wildman–Crippen MR) is 85.8 cm³/mol. The fraction of sp³-hybridized carbons (Fsp3) is 0.588. The van der Waals surface area contributed by atoms with Crippen molar-refractivity contribution < 1.29 is 9.90 Å². The van der Waals surface area contributed by atoms with Crippen LogP contribution in [0.1, 0.15) is 44.7 Å². The van der Waals surface area contributed by atoms with Crippen molar-refractivity contribution >= 4 is 11.7 Å². The lowest BCUT2D eigenvalue weighted by Crippen LogP contribution is -2.50. The monoisotopic (exact) mass is 290 g/mol. The average Bonchev–Trinajstić information content (AvgIpc) is 2.91. The number of anilines is 1. The van der Waals surface area contributed by atoms with E-state index in [1.807, 2.05) is 21.0 Å². The molecule has 116 valence electrons. The number of carboxylic acid groups (broad SMARTS) is 1. The highest BCUT2D eigenvalue weighted by atomic mass is 16.4. The second-order valence-electron chi connectivity index (χ2n) is 6.15. The number of carboxylic acids is 1. The molecule has 0 radical (unpaired) electrons. The lowest BCUT2D eigenvalue weighted by atomic mass is 9.91. The van der Waals surface area contributed by atoms with Crippen molar-refractivity contribution in [3.8, 4) is 0 Å². The number of hydrogen-bond acceptors (Lipinski definition) is 3. The Bertz CT molecular complexity index is 498. The maximum Gasteiger partial charge on any atom is 0.324 e. The standard InChI is InChI=1S/C17H26N2O2/c1-5-17(16(20)21)11-6-12-19(17)13(2)14-7-9-15(10-8-14)18(3)4/h7-10,13H,5-6,11-12H2,1-4H3,(H,20,21). The highest BCUT2D eigenvalue weighted by molar-refractivity contribution is 5.79. The molecule has 21 heavy (non-hydrogen) atoms. The molecule has 1 aromatic carbocycles. The van der Waals surface area contributed by atoms with Gasteiger partial charge in [-0.15, -0.1) is 0 Å². The number of benzene rings is 1. The van der Waals surface area contributed by atoms with E-state index in [1.54, 1.807) is 0 Å². The van der Waals surface area contributed by atoms with Gasteiger partial charge < -0.3 is 10.0 Å². The number of carbonyl (C=O) groups is 1. The lowest BCUT2D eigenvalue weighted by Gasteiger charge is -2.38. The molecule has 2 rings (SSSR count). The molecule has 2 atom stereocenters. The van der Waals surface area contributed by atoms with Gasteiger partial charge in [0, 0.05) is 25.8 Å². The summed E-state index contributed by atoms with van der Waals surface area (Å²) in [6, 6.07) is 8.54. The van der Waals surface area contributed by atoms with Crippen molar-refractivity contribution in [2.45, 2.75) is 44.7 Å². The molecule has 0 aliphatic carbocycles. The Labute approximate surface area is 127 Å². The van der Waals surface area contributed by atoms with Gasteiger partial charge in [0.05, 0.1) is 0 Å². The summed E-state index contributed by atoms with van der Waals surface area (Å²) in [6.45, 7) is 4.95. The predicted octanol–water partition coefficient (Wildman–Crippen LogP) is 3.14. The number of aliphatic carboxylic acids is 1. The molecule has 4 nitrogen and oxygen atoms in total. The van der Waals surface area contributed by atoms with Crippen molar-refractivity contribution in [2.24, 2.45) is 0 Å². The van der Waals surface area contributed by atoms with Crippen molar-refractivity contribution in [3.05, 3.63) is 29.8 Å². The first-order chi connectivity index (χ1) is 9.92. The van der Waals surface area contributed by atoms with Gasteiger partial charge in [-0.25, -0.2) is 0 Å². The summed E-state index contributed by atoms with van der Waals surface area (Å²) in [5.74, 6) is -0.681. The second kappa shape index (κ2) is 6.06. The molecule has 1 fully saturated rings. The summed E-state index contributed by atoms with van der Waals surface area (Å²) in [5.41, 5.74) is 1.65. The van der Waals surface area contributed by atoms with E-state index in [0.717, 1.165) is 25.1 Å². The van der Waals surface area contributed by atoms with Crippen LogP contribution in [0.25, 0.3) is 0 Å². The Morgan fingerprint density at radius 1 is 1.38 bits per heavy atom. The van der Waals surface area contributed by atoms with Crippen LogP contribution in [-0.4, -0.2) is 42.2 Å². The van der Waals surface area contributed by atoms with Crippen LogP contribution in [0.4, 0.5) is 5.69 Å². The van der Waals surface area contributed by atoms with Gasteiger partial charge in [-0.2, -0.15) is 0 Å².